The molecule has 1 aliphatic heterocycles. The second kappa shape index (κ2) is 4.79. The van der Waals surface area contributed by atoms with Gasteiger partial charge in [0.15, 0.2) is 0 Å². The van der Waals surface area contributed by atoms with Gasteiger partial charge in [-0.25, -0.2) is 0 Å². The molecule has 2 nitrogen and oxygen atoms in total. The summed E-state index contributed by atoms with van der Waals surface area (Å²) in [7, 11) is 0. The summed E-state index contributed by atoms with van der Waals surface area (Å²) in [5.74, 6) is 0.877. The number of likely N-dealkylation sites (N-methyl/N-ethyl adjacent to an activating group) is 1. The van der Waals surface area contributed by atoms with E-state index in [1.54, 1.807) is 5.56 Å². The minimum absolute atomic E-state index is 0.753. The van der Waals surface area contributed by atoms with Crippen molar-refractivity contribution < 1.29 is 0 Å². The molecule has 1 aromatic rings. The smallest absolute Gasteiger partial charge is 0.0348 e. The van der Waals surface area contributed by atoms with E-state index in [1.165, 1.54) is 18.4 Å². The lowest BCUT2D eigenvalue weighted by molar-refractivity contribution is 0.145. The van der Waals surface area contributed by atoms with Gasteiger partial charge in [-0.1, -0.05) is 31.2 Å². The van der Waals surface area contributed by atoms with Crippen molar-refractivity contribution in [3.05, 3.63) is 35.4 Å². The Balaban J connectivity index is 1.62. The highest BCUT2D eigenvalue weighted by atomic mass is 15.2. The minimum Gasteiger partial charge on any atom is -0.314 e. The van der Waals surface area contributed by atoms with Gasteiger partial charge in [0.05, 0.1) is 0 Å². The molecule has 0 bridgehead atoms. The van der Waals surface area contributed by atoms with Crippen molar-refractivity contribution in [3.8, 4) is 0 Å². The van der Waals surface area contributed by atoms with Gasteiger partial charge in [-0.15, -0.1) is 0 Å². The molecule has 0 amide bonds. The second-order valence-electron chi connectivity index (χ2n) is 5.39. The van der Waals surface area contributed by atoms with E-state index in [1.807, 2.05) is 0 Å². The predicted octanol–water partition coefficient (Wildman–Crippen LogP) is 2.36. The average molecular weight is 230 g/mol. The highest BCUT2D eigenvalue weighted by Crippen LogP contribution is 2.39. The first-order valence-electron chi connectivity index (χ1n) is 6.90. The number of nitrogens with one attached hydrogen (secondary N) is 1. The zero-order valence-corrected chi connectivity index (χ0v) is 10.7. The van der Waals surface area contributed by atoms with Gasteiger partial charge in [0.25, 0.3) is 0 Å². The van der Waals surface area contributed by atoms with Crippen LogP contribution in [-0.2, 0) is 6.54 Å². The molecular weight excluding hydrogens is 208 g/mol. The Labute approximate surface area is 104 Å². The summed E-state index contributed by atoms with van der Waals surface area (Å²) < 4.78 is 0. The van der Waals surface area contributed by atoms with Crippen molar-refractivity contribution in [3.63, 3.8) is 0 Å². The van der Waals surface area contributed by atoms with Crippen molar-refractivity contribution in [2.24, 2.45) is 0 Å². The third kappa shape index (κ3) is 2.53. The third-order valence-corrected chi connectivity index (χ3v) is 4.10. The molecule has 0 aromatic heterocycles. The SMILES string of the molecule is CCN(Cc1ccc(C2CC2)cc1)C1CNC1. The van der Waals surface area contributed by atoms with Gasteiger partial charge in [-0.2, -0.15) is 0 Å². The third-order valence-electron chi connectivity index (χ3n) is 4.10. The van der Waals surface area contributed by atoms with Crippen molar-refractivity contribution in [2.45, 2.75) is 38.3 Å². The summed E-state index contributed by atoms with van der Waals surface area (Å²) in [6.07, 6.45) is 2.79. The number of benzene rings is 1. The molecule has 2 fully saturated rings. The number of hydrogen-bond acceptors (Lipinski definition) is 2. The molecule has 0 atom stereocenters. The van der Waals surface area contributed by atoms with Crippen molar-refractivity contribution in [1.82, 2.24) is 10.2 Å². The second-order valence-corrected chi connectivity index (χ2v) is 5.39. The molecule has 1 aliphatic carbocycles. The molecule has 17 heavy (non-hydrogen) atoms. The van der Waals surface area contributed by atoms with Crippen LogP contribution >= 0.6 is 0 Å². The zero-order chi connectivity index (χ0) is 11.7. The van der Waals surface area contributed by atoms with Gasteiger partial charge < -0.3 is 5.32 Å². The van der Waals surface area contributed by atoms with Crippen LogP contribution < -0.4 is 5.32 Å². The zero-order valence-electron chi connectivity index (χ0n) is 10.7. The van der Waals surface area contributed by atoms with Gasteiger partial charge in [-0.05, 0) is 36.4 Å². The van der Waals surface area contributed by atoms with E-state index in [0.29, 0.717) is 0 Å². The molecule has 1 heterocycles. The van der Waals surface area contributed by atoms with E-state index in [2.05, 4.69) is 41.4 Å². The van der Waals surface area contributed by atoms with Crippen LogP contribution in [0, 0.1) is 0 Å². The molecule has 1 N–H and O–H groups in total. The normalized spacial score (nSPS) is 20.6. The summed E-state index contributed by atoms with van der Waals surface area (Å²) in [6.45, 7) is 6.84. The van der Waals surface area contributed by atoms with Crippen LogP contribution in [0.4, 0.5) is 0 Å². The van der Waals surface area contributed by atoms with Gasteiger partial charge in [0.1, 0.15) is 0 Å². The molecule has 0 radical (unpaired) electrons. The Hall–Kier alpha value is -0.860. The maximum Gasteiger partial charge on any atom is 0.0348 e. The molecule has 2 aliphatic rings. The van der Waals surface area contributed by atoms with Gasteiger partial charge in [-0.3, -0.25) is 4.90 Å². The number of rotatable bonds is 5. The van der Waals surface area contributed by atoms with E-state index >= 15 is 0 Å². The molecule has 0 unspecified atom stereocenters. The first-order valence-corrected chi connectivity index (χ1v) is 6.90. The van der Waals surface area contributed by atoms with Crippen molar-refractivity contribution >= 4 is 0 Å². The molecule has 0 spiro atoms. The largest absolute Gasteiger partial charge is 0.314 e. The lowest BCUT2D eigenvalue weighted by atomic mass is 10.1. The van der Waals surface area contributed by atoms with E-state index in [-0.39, 0.29) is 0 Å². The average Bonchev–Trinajstić information content (AvgIpc) is 3.10. The number of nitrogens with zero attached hydrogens (tertiary/aromatic N) is 1. The quantitative estimate of drug-likeness (QED) is 0.835. The Bertz CT molecular complexity index is 363. The molecular formula is C15H22N2. The molecule has 1 aromatic carbocycles. The molecule has 1 saturated carbocycles. The van der Waals surface area contributed by atoms with Crippen LogP contribution in [0.2, 0.25) is 0 Å². The lowest BCUT2D eigenvalue weighted by Gasteiger charge is -2.37. The van der Waals surface area contributed by atoms with Crippen molar-refractivity contribution in [1.29, 1.82) is 0 Å². The standard InChI is InChI=1S/C15H22N2/c1-2-17(15-9-16-10-15)11-12-3-5-13(6-4-12)14-7-8-14/h3-6,14-16H,2,7-11H2,1H3. The highest BCUT2D eigenvalue weighted by molar-refractivity contribution is 5.28. The Morgan fingerprint density at radius 1 is 1.18 bits per heavy atom. The van der Waals surface area contributed by atoms with Crippen LogP contribution in [0.25, 0.3) is 0 Å². The highest BCUT2D eigenvalue weighted by Gasteiger charge is 2.24. The fourth-order valence-electron chi connectivity index (χ4n) is 2.58. The molecule has 2 heteroatoms. The van der Waals surface area contributed by atoms with E-state index in [0.717, 1.165) is 38.1 Å². The summed E-state index contributed by atoms with van der Waals surface area (Å²) in [5.41, 5.74) is 3.00. The van der Waals surface area contributed by atoms with E-state index < -0.39 is 0 Å². The maximum absolute atomic E-state index is 3.35. The van der Waals surface area contributed by atoms with E-state index in [4.69, 9.17) is 0 Å². The summed E-state index contributed by atoms with van der Waals surface area (Å²) in [6, 6.07) is 10.1. The molecule has 92 valence electrons. The van der Waals surface area contributed by atoms with Gasteiger partial charge >= 0.3 is 0 Å². The minimum atomic E-state index is 0.753. The Kier molecular flexibility index (Phi) is 3.17. The first-order chi connectivity index (χ1) is 8.36. The van der Waals surface area contributed by atoms with Gasteiger partial charge in [0.2, 0.25) is 0 Å². The van der Waals surface area contributed by atoms with Crippen LogP contribution in [0.5, 0.6) is 0 Å². The van der Waals surface area contributed by atoms with Crippen LogP contribution in [0.15, 0.2) is 24.3 Å². The summed E-state index contributed by atoms with van der Waals surface area (Å²) >= 11 is 0. The maximum atomic E-state index is 3.35. The number of hydrogen-bond donors (Lipinski definition) is 1. The monoisotopic (exact) mass is 230 g/mol. The van der Waals surface area contributed by atoms with Gasteiger partial charge in [0, 0.05) is 25.7 Å². The van der Waals surface area contributed by atoms with Crippen LogP contribution in [0.1, 0.15) is 36.8 Å². The van der Waals surface area contributed by atoms with Crippen LogP contribution in [0.3, 0.4) is 0 Å². The Morgan fingerprint density at radius 2 is 1.88 bits per heavy atom. The molecule has 3 rings (SSSR count). The summed E-state index contributed by atoms with van der Waals surface area (Å²) in [4.78, 5) is 2.57. The van der Waals surface area contributed by atoms with E-state index in [9.17, 15) is 0 Å². The fraction of sp³-hybridized carbons (Fsp3) is 0.600. The fourth-order valence-corrected chi connectivity index (χ4v) is 2.58. The van der Waals surface area contributed by atoms with Crippen LogP contribution in [-0.4, -0.2) is 30.6 Å². The summed E-state index contributed by atoms with van der Waals surface area (Å²) in [5, 5.41) is 3.35. The first kappa shape index (κ1) is 11.2. The molecule has 1 saturated heterocycles. The van der Waals surface area contributed by atoms with Crippen molar-refractivity contribution in [2.75, 3.05) is 19.6 Å². The lowest BCUT2D eigenvalue weighted by Crippen LogP contribution is -2.56. The predicted molar refractivity (Wildman–Crippen MR) is 71.2 cm³/mol. The Morgan fingerprint density at radius 3 is 2.35 bits per heavy atom. The topological polar surface area (TPSA) is 15.3 Å².